The predicted molar refractivity (Wildman–Crippen MR) is 198 cm³/mol. The molecule has 3 nitrogen and oxygen atoms in total. The third-order valence-electron chi connectivity index (χ3n) is 10.3. The Hall–Kier alpha value is -4.93. The van der Waals surface area contributed by atoms with Gasteiger partial charge >= 0.3 is 0 Å². The predicted octanol–water partition coefficient (Wildman–Crippen LogP) is 11.0. The summed E-state index contributed by atoms with van der Waals surface area (Å²) in [5, 5.41) is 5.25. The number of hydrogen-bond donors (Lipinski definition) is 0. The second-order valence-electron chi connectivity index (χ2n) is 13.0. The molecule has 46 heavy (non-hydrogen) atoms. The van der Waals surface area contributed by atoms with Gasteiger partial charge in [0.15, 0.2) is 0 Å². The van der Waals surface area contributed by atoms with Crippen molar-refractivity contribution in [2.75, 3.05) is 7.05 Å². The Balaban J connectivity index is 1.09. The van der Waals surface area contributed by atoms with Gasteiger partial charge in [-0.15, -0.1) is 11.3 Å². The molecule has 2 aliphatic carbocycles. The molecule has 3 atom stereocenters. The molecule has 9 rings (SSSR count). The van der Waals surface area contributed by atoms with Crippen molar-refractivity contribution in [1.29, 1.82) is 0 Å². The van der Waals surface area contributed by atoms with Gasteiger partial charge in [0.1, 0.15) is 0 Å². The zero-order valence-electron chi connectivity index (χ0n) is 26.1. The quantitative estimate of drug-likeness (QED) is 0.194. The molecule has 0 amide bonds. The molecule has 0 saturated carbocycles. The van der Waals surface area contributed by atoms with E-state index in [0.717, 1.165) is 12.8 Å². The minimum Gasteiger partial charge on any atom is -0.335 e. The number of thiophene rings is 1. The third kappa shape index (κ3) is 4.20. The van der Waals surface area contributed by atoms with Crippen LogP contribution >= 0.6 is 11.3 Å². The molecule has 3 aliphatic rings. The first kappa shape index (κ1) is 27.4. The summed E-state index contributed by atoms with van der Waals surface area (Å²) in [4.78, 5) is 7.43. The van der Waals surface area contributed by atoms with E-state index in [1.165, 1.54) is 64.4 Å². The minimum atomic E-state index is -0.203. The Morgan fingerprint density at radius 3 is 2.59 bits per heavy atom. The van der Waals surface area contributed by atoms with Crippen molar-refractivity contribution in [2.45, 2.75) is 31.5 Å². The van der Waals surface area contributed by atoms with Crippen LogP contribution in [0.1, 0.15) is 37.2 Å². The Morgan fingerprint density at radius 2 is 1.74 bits per heavy atom. The molecule has 3 unspecified atom stereocenters. The van der Waals surface area contributed by atoms with Crippen LogP contribution in [0.15, 0.2) is 144 Å². The normalized spacial score (nSPS) is 22.8. The van der Waals surface area contributed by atoms with Gasteiger partial charge in [-0.1, -0.05) is 110 Å². The number of rotatable bonds is 4. The van der Waals surface area contributed by atoms with Crippen molar-refractivity contribution >= 4 is 65.2 Å². The van der Waals surface area contributed by atoms with Crippen LogP contribution in [0.4, 0.5) is 0 Å². The number of benzene rings is 4. The average Bonchev–Trinajstić information content (AvgIpc) is 3.65. The van der Waals surface area contributed by atoms with Gasteiger partial charge in [0.2, 0.25) is 6.29 Å². The number of nitrogens with zero attached hydrogens (tertiary/aromatic N) is 3. The smallest absolute Gasteiger partial charge is 0.203 e. The molecule has 4 aromatic carbocycles. The summed E-state index contributed by atoms with van der Waals surface area (Å²) in [6.07, 6.45) is 22.2. The van der Waals surface area contributed by atoms with Gasteiger partial charge in [-0.05, 0) is 59.9 Å². The van der Waals surface area contributed by atoms with Gasteiger partial charge in [0.05, 0.1) is 11.0 Å². The van der Waals surface area contributed by atoms with E-state index in [0.29, 0.717) is 5.92 Å². The molecular weight excluding hydrogens is 579 g/mol. The van der Waals surface area contributed by atoms with Gasteiger partial charge in [0, 0.05) is 61.2 Å². The first-order valence-corrected chi connectivity index (χ1v) is 17.0. The lowest BCUT2D eigenvalue weighted by Crippen LogP contribution is -2.29. The molecule has 2 aromatic heterocycles. The van der Waals surface area contributed by atoms with Crippen molar-refractivity contribution in [1.82, 2.24) is 9.47 Å². The first-order valence-electron chi connectivity index (χ1n) is 16.2. The Bertz CT molecular complexity index is 2370. The first-order chi connectivity index (χ1) is 22.6. The average molecular weight is 614 g/mol. The van der Waals surface area contributed by atoms with E-state index in [9.17, 15) is 0 Å². The van der Waals surface area contributed by atoms with Crippen molar-refractivity contribution < 1.29 is 0 Å². The largest absolute Gasteiger partial charge is 0.335 e. The number of aromatic nitrogens is 1. The van der Waals surface area contributed by atoms with Crippen LogP contribution < -0.4 is 0 Å². The van der Waals surface area contributed by atoms with Crippen LogP contribution in [0.2, 0.25) is 0 Å². The van der Waals surface area contributed by atoms with E-state index in [4.69, 9.17) is 4.99 Å². The van der Waals surface area contributed by atoms with Crippen LogP contribution in [0, 0.1) is 5.92 Å². The van der Waals surface area contributed by atoms with E-state index in [2.05, 4.69) is 157 Å². The summed E-state index contributed by atoms with van der Waals surface area (Å²) in [5.41, 5.74) is 7.54. The molecule has 0 fully saturated rings. The van der Waals surface area contributed by atoms with Gasteiger partial charge in [-0.2, -0.15) is 0 Å². The Morgan fingerprint density at radius 1 is 0.870 bits per heavy atom. The fourth-order valence-corrected chi connectivity index (χ4v) is 8.94. The molecule has 3 heterocycles. The van der Waals surface area contributed by atoms with Crippen LogP contribution in [0.5, 0.6) is 0 Å². The molecule has 4 heteroatoms. The molecule has 0 spiro atoms. The molecule has 1 aliphatic heterocycles. The van der Waals surface area contributed by atoms with E-state index in [1.54, 1.807) is 0 Å². The Kier molecular flexibility index (Phi) is 6.29. The molecule has 0 N–H and O–H groups in total. The minimum absolute atomic E-state index is 0.0442. The Labute approximate surface area is 273 Å². The molecule has 6 aromatic rings. The zero-order valence-corrected chi connectivity index (χ0v) is 26.9. The highest BCUT2D eigenvalue weighted by Gasteiger charge is 2.29. The third-order valence-corrected chi connectivity index (χ3v) is 11.5. The highest BCUT2D eigenvalue weighted by molar-refractivity contribution is 7.26. The highest BCUT2D eigenvalue weighted by atomic mass is 32.1. The number of para-hydroxylation sites is 1. The van der Waals surface area contributed by atoms with Gasteiger partial charge < -0.3 is 9.47 Å². The molecule has 0 radical (unpaired) electrons. The summed E-state index contributed by atoms with van der Waals surface area (Å²) < 4.78 is 5.10. The lowest BCUT2D eigenvalue weighted by Gasteiger charge is -2.34. The maximum atomic E-state index is 5.09. The SMILES string of the molecule is CN1C(c2cccc(C3(C)C=CC(C4C=CC=CC4)=CC3)c2)=CC=NC1n1c2ccccc2c2c3sc4ccccc4c3ccc21. The lowest BCUT2D eigenvalue weighted by molar-refractivity contribution is 0.283. The summed E-state index contributed by atoms with van der Waals surface area (Å²) in [6.45, 7) is 2.36. The van der Waals surface area contributed by atoms with Crippen LogP contribution in [-0.4, -0.2) is 22.7 Å². The number of allylic oxidation sites excluding steroid dienone is 9. The summed E-state index contributed by atoms with van der Waals surface area (Å²) in [7, 11) is 2.18. The van der Waals surface area contributed by atoms with Crippen molar-refractivity contribution in [3.8, 4) is 0 Å². The topological polar surface area (TPSA) is 20.5 Å². The summed E-state index contributed by atoms with van der Waals surface area (Å²) in [5.74, 6) is 0.491. The van der Waals surface area contributed by atoms with Crippen LogP contribution in [-0.2, 0) is 5.41 Å². The molecule has 0 saturated heterocycles. The van der Waals surface area contributed by atoms with Gasteiger partial charge in [0.25, 0.3) is 0 Å². The highest BCUT2D eigenvalue weighted by Crippen LogP contribution is 2.45. The van der Waals surface area contributed by atoms with Crippen LogP contribution in [0.25, 0.3) is 47.7 Å². The van der Waals surface area contributed by atoms with Crippen LogP contribution in [0.3, 0.4) is 0 Å². The van der Waals surface area contributed by atoms with Crippen molar-refractivity contribution in [3.05, 3.63) is 150 Å². The van der Waals surface area contributed by atoms with Gasteiger partial charge in [-0.3, -0.25) is 0 Å². The second kappa shape index (κ2) is 10.6. The number of fused-ring (bicyclic) bond motifs is 7. The van der Waals surface area contributed by atoms with Gasteiger partial charge in [-0.25, -0.2) is 4.99 Å². The maximum absolute atomic E-state index is 5.09. The monoisotopic (exact) mass is 613 g/mol. The van der Waals surface area contributed by atoms with E-state index < -0.39 is 0 Å². The zero-order chi connectivity index (χ0) is 30.8. The van der Waals surface area contributed by atoms with E-state index in [1.807, 2.05) is 17.6 Å². The standard InChI is InChI=1S/C42H35N3S/c1-42(24-21-29(22-25-42)28-11-4-3-5-12-28)31-14-10-13-30(27-31)35-23-26-43-41(44(35)2)45-36-17-8-6-16-34(36)39-37(45)20-19-33-32-15-7-9-18-38(32)46-40(33)39/h3-11,13-24,26-28,41H,12,25H2,1-2H3. The molecular formula is C42H35N3S. The van der Waals surface area contributed by atoms with E-state index >= 15 is 0 Å². The molecule has 0 bridgehead atoms. The molecule has 224 valence electrons. The number of hydrogen-bond acceptors (Lipinski definition) is 3. The van der Waals surface area contributed by atoms with E-state index in [-0.39, 0.29) is 11.7 Å². The maximum Gasteiger partial charge on any atom is 0.203 e. The lowest BCUT2D eigenvalue weighted by atomic mass is 9.74. The summed E-state index contributed by atoms with van der Waals surface area (Å²) >= 11 is 1.89. The fourth-order valence-electron chi connectivity index (χ4n) is 7.68. The second-order valence-corrected chi connectivity index (χ2v) is 14.1. The van der Waals surface area contributed by atoms with Crippen molar-refractivity contribution in [2.24, 2.45) is 10.9 Å². The number of aliphatic imine (C=N–C) groups is 1. The fraction of sp³-hybridized carbons (Fsp3) is 0.167. The van der Waals surface area contributed by atoms with Crippen molar-refractivity contribution in [3.63, 3.8) is 0 Å². The summed E-state index contributed by atoms with van der Waals surface area (Å²) in [6, 6.07) is 31.3.